The molecule has 0 fully saturated rings. The van der Waals surface area contributed by atoms with Gasteiger partial charge in [0, 0.05) is 12.7 Å². The van der Waals surface area contributed by atoms with E-state index in [0.29, 0.717) is 0 Å². The molecule has 1 aromatic carbocycles. The van der Waals surface area contributed by atoms with E-state index in [1.54, 1.807) is 12.4 Å². The van der Waals surface area contributed by atoms with Crippen LogP contribution in [0.15, 0.2) is 24.5 Å². The lowest BCUT2D eigenvalue weighted by Gasteiger charge is -2.12. The minimum atomic E-state index is -0.398. The van der Waals surface area contributed by atoms with Crippen molar-refractivity contribution in [2.24, 2.45) is 5.73 Å². The quantitative estimate of drug-likeness (QED) is 0.873. The van der Waals surface area contributed by atoms with Crippen LogP contribution < -0.4 is 11.1 Å². The number of rotatable bonds is 5. The zero-order valence-corrected chi connectivity index (χ0v) is 12.1. The van der Waals surface area contributed by atoms with Gasteiger partial charge in [0.05, 0.1) is 11.9 Å². The van der Waals surface area contributed by atoms with Gasteiger partial charge in [-0.3, -0.25) is 9.48 Å². The smallest absolute Gasteiger partial charge is 0.239 e. The van der Waals surface area contributed by atoms with E-state index in [9.17, 15) is 4.79 Å². The van der Waals surface area contributed by atoms with Gasteiger partial charge in [0.2, 0.25) is 5.91 Å². The van der Waals surface area contributed by atoms with Crippen LogP contribution in [0.25, 0.3) is 0 Å². The van der Waals surface area contributed by atoms with Crippen LogP contribution in [-0.2, 0) is 17.9 Å². The van der Waals surface area contributed by atoms with E-state index in [1.165, 1.54) is 26.9 Å². The number of aromatic nitrogens is 2. The number of hydrogen-bond acceptors (Lipinski definition) is 3. The molecule has 0 spiro atoms. The van der Waals surface area contributed by atoms with Gasteiger partial charge < -0.3 is 11.1 Å². The predicted octanol–water partition coefficient (Wildman–Crippen LogP) is 1.91. The molecule has 3 N–H and O–H groups in total. The maximum Gasteiger partial charge on any atom is 0.239 e. The van der Waals surface area contributed by atoms with Crippen LogP contribution in [-0.4, -0.2) is 15.7 Å². The summed E-state index contributed by atoms with van der Waals surface area (Å²) in [7, 11) is 0. The average Bonchev–Trinajstić information content (AvgIpc) is 2.74. The second-order valence-corrected chi connectivity index (χ2v) is 5.12. The molecule has 0 bridgehead atoms. The van der Waals surface area contributed by atoms with Crippen molar-refractivity contribution < 1.29 is 4.79 Å². The topological polar surface area (TPSA) is 72.9 Å². The molecule has 1 amide bonds. The maximum atomic E-state index is 10.8. The Hall–Kier alpha value is -2.30. The molecule has 2 aromatic rings. The van der Waals surface area contributed by atoms with Gasteiger partial charge in [0.15, 0.2) is 0 Å². The van der Waals surface area contributed by atoms with E-state index >= 15 is 0 Å². The second kappa shape index (κ2) is 5.77. The van der Waals surface area contributed by atoms with Gasteiger partial charge >= 0.3 is 0 Å². The van der Waals surface area contributed by atoms with Crippen molar-refractivity contribution in [3.63, 3.8) is 0 Å². The fourth-order valence-electron chi connectivity index (χ4n) is 2.38. The summed E-state index contributed by atoms with van der Waals surface area (Å²) in [5.41, 5.74) is 11.1. The van der Waals surface area contributed by atoms with Crippen LogP contribution >= 0.6 is 0 Å². The van der Waals surface area contributed by atoms with Crippen molar-refractivity contribution in [2.75, 3.05) is 5.32 Å². The lowest BCUT2D eigenvalue weighted by atomic mass is 10.00. The minimum Gasteiger partial charge on any atom is -0.378 e. The molecule has 1 heterocycles. The number of nitrogens with zero attached hydrogens (tertiary/aromatic N) is 2. The first-order chi connectivity index (χ1) is 9.45. The van der Waals surface area contributed by atoms with E-state index in [4.69, 9.17) is 5.73 Å². The third-order valence-corrected chi connectivity index (χ3v) is 3.26. The molecule has 0 radical (unpaired) electrons. The highest BCUT2D eigenvalue weighted by Crippen LogP contribution is 2.18. The van der Waals surface area contributed by atoms with Gasteiger partial charge in [-0.2, -0.15) is 5.10 Å². The number of anilines is 1. The number of carbonyl (C=O) groups is 1. The van der Waals surface area contributed by atoms with Gasteiger partial charge in [-0.15, -0.1) is 0 Å². The number of amides is 1. The van der Waals surface area contributed by atoms with E-state index < -0.39 is 5.91 Å². The first kappa shape index (κ1) is 14.1. The molecule has 0 aliphatic heterocycles. The van der Waals surface area contributed by atoms with Crippen molar-refractivity contribution >= 4 is 11.6 Å². The fraction of sp³-hybridized carbons (Fsp3) is 0.333. The molecule has 0 aliphatic carbocycles. The Morgan fingerprint density at radius 2 is 1.95 bits per heavy atom. The zero-order valence-electron chi connectivity index (χ0n) is 12.1. The molecular formula is C15H20N4O. The number of carbonyl (C=O) groups excluding carboxylic acids is 1. The van der Waals surface area contributed by atoms with Gasteiger partial charge in [0.25, 0.3) is 0 Å². The van der Waals surface area contributed by atoms with Crippen molar-refractivity contribution in [3.05, 3.63) is 46.8 Å². The molecule has 1 aromatic heterocycles. The van der Waals surface area contributed by atoms with E-state index in [-0.39, 0.29) is 6.54 Å². The molecule has 0 saturated heterocycles. The Bertz CT molecular complexity index is 608. The number of aryl methyl sites for hydroxylation is 3. The lowest BCUT2D eigenvalue weighted by molar-refractivity contribution is -0.118. The van der Waals surface area contributed by atoms with Crippen LogP contribution in [0.1, 0.15) is 22.3 Å². The van der Waals surface area contributed by atoms with Crippen LogP contribution in [0.4, 0.5) is 5.69 Å². The minimum absolute atomic E-state index is 0.101. The normalized spacial score (nSPS) is 10.6. The number of benzene rings is 1. The molecule has 0 atom stereocenters. The standard InChI is InChI=1S/C15H20N4O/c1-10-4-11(2)14(12(3)5-10)7-17-13-6-18-19(8-13)9-15(16)20/h4-6,8,17H,7,9H2,1-3H3,(H2,16,20). The fourth-order valence-corrected chi connectivity index (χ4v) is 2.38. The summed E-state index contributed by atoms with van der Waals surface area (Å²) in [6.45, 7) is 7.18. The number of hydrogen-bond donors (Lipinski definition) is 2. The van der Waals surface area contributed by atoms with E-state index in [2.05, 4.69) is 43.3 Å². The summed E-state index contributed by atoms with van der Waals surface area (Å²) in [6, 6.07) is 4.36. The maximum absolute atomic E-state index is 10.8. The summed E-state index contributed by atoms with van der Waals surface area (Å²) >= 11 is 0. The van der Waals surface area contributed by atoms with Crippen LogP contribution in [0.2, 0.25) is 0 Å². The third-order valence-electron chi connectivity index (χ3n) is 3.26. The Morgan fingerprint density at radius 3 is 2.55 bits per heavy atom. The van der Waals surface area contributed by atoms with Crippen molar-refractivity contribution in [1.29, 1.82) is 0 Å². The van der Waals surface area contributed by atoms with Crippen LogP contribution in [0.5, 0.6) is 0 Å². The largest absolute Gasteiger partial charge is 0.378 e. The summed E-state index contributed by atoms with van der Waals surface area (Å²) in [5.74, 6) is -0.398. The first-order valence-electron chi connectivity index (χ1n) is 6.57. The first-order valence-corrected chi connectivity index (χ1v) is 6.57. The van der Waals surface area contributed by atoms with Gasteiger partial charge in [-0.1, -0.05) is 17.7 Å². The van der Waals surface area contributed by atoms with Crippen LogP contribution in [0, 0.1) is 20.8 Å². The Kier molecular flexibility index (Phi) is 4.08. The summed E-state index contributed by atoms with van der Waals surface area (Å²) in [4.78, 5) is 10.8. The number of primary amides is 1. The molecule has 0 aliphatic rings. The molecular weight excluding hydrogens is 252 g/mol. The van der Waals surface area contributed by atoms with E-state index in [0.717, 1.165) is 12.2 Å². The highest BCUT2D eigenvalue weighted by atomic mass is 16.1. The Balaban J connectivity index is 2.05. The van der Waals surface area contributed by atoms with Gasteiger partial charge in [-0.25, -0.2) is 0 Å². The third kappa shape index (κ3) is 3.38. The lowest BCUT2D eigenvalue weighted by Crippen LogP contribution is -2.18. The molecule has 5 nitrogen and oxygen atoms in total. The van der Waals surface area contributed by atoms with Gasteiger partial charge in [-0.05, 0) is 37.5 Å². The molecule has 0 saturated carbocycles. The molecule has 5 heteroatoms. The monoisotopic (exact) mass is 272 g/mol. The summed E-state index contributed by atoms with van der Waals surface area (Å²) in [6.07, 6.45) is 3.48. The Morgan fingerprint density at radius 1 is 1.30 bits per heavy atom. The molecule has 0 unspecified atom stereocenters. The second-order valence-electron chi connectivity index (χ2n) is 5.12. The molecule has 20 heavy (non-hydrogen) atoms. The summed E-state index contributed by atoms with van der Waals surface area (Å²) < 4.78 is 1.53. The SMILES string of the molecule is Cc1cc(C)c(CNc2cnn(CC(N)=O)c2)c(C)c1. The predicted molar refractivity (Wildman–Crippen MR) is 79.4 cm³/mol. The highest BCUT2D eigenvalue weighted by Gasteiger charge is 2.05. The van der Waals surface area contributed by atoms with Crippen LogP contribution in [0.3, 0.4) is 0 Å². The highest BCUT2D eigenvalue weighted by molar-refractivity contribution is 5.73. The van der Waals surface area contributed by atoms with Crippen molar-refractivity contribution in [2.45, 2.75) is 33.9 Å². The molecule has 106 valence electrons. The van der Waals surface area contributed by atoms with E-state index in [1.807, 2.05) is 0 Å². The summed E-state index contributed by atoms with van der Waals surface area (Å²) in [5, 5.41) is 7.40. The molecule has 2 rings (SSSR count). The Labute approximate surface area is 118 Å². The van der Waals surface area contributed by atoms with Gasteiger partial charge in [0.1, 0.15) is 6.54 Å². The number of nitrogens with one attached hydrogen (secondary N) is 1. The average molecular weight is 272 g/mol. The zero-order chi connectivity index (χ0) is 14.7. The van der Waals surface area contributed by atoms with Crippen molar-refractivity contribution in [3.8, 4) is 0 Å². The van der Waals surface area contributed by atoms with Crippen molar-refractivity contribution in [1.82, 2.24) is 9.78 Å². The number of nitrogens with two attached hydrogens (primary N) is 1.